The van der Waals surface area contributed by atoms with Crippen LogP contribution in [-0.2, 0) is 11.2 Å². The van der Waals surface area contributed by atoms with Crippen molar-refractivity contribution in [3.05, 3.63) is 64.7 Å². The molecule has 31 heavy (non-hydrogen) atoms. The van der Waals surface area contributed by atoms with Crippen molar-refractivity contribution in [1.82, 2.24) is 20.1 Å². The van der Waals surface area contributed by atoms with E-state index in [1.54, 1.807) is 24.3 Å². The summed E-state index contributed by atoms with van der Waals surface area (Å²) < 4.78 is 0. The molecule has 8 heteroatoms. The number of H-pyrrole nitrogens is 1. The standard InChI is InChI=1S/C23H23ClN4O2S/c1-2-15-6-8-16(9-7-15)20-25-23(27-26-20)31-19-5-3-4-14-28(22(19)30)21(29)17-10-12-18(24)13-11-17/h6-13,19H,2-5,14H2,1H3,(H,25,26,27). The summed E-state index contributed by atoms with van der Waals surface area (Å²) in [5.41, 5.74) is 2.66. The van der Waals surface area contributed by atoms with Crippen LogP contribution in [0.15, 0.2) is 53.7 Å². The number of aryl methyl sites for hydroxylation is 1. The Hall–Kier alpha value is -2.64. The first-order valence-corrected chi connectivity index (χ1v) is 11.6. The summed E-state index contributed by atoms with van der Waals surface area (Å²) in [4.78, 5) is 32.0. The van der Waals surface area contributed by atoms with Crippen molar-refractivity contribution in [2.75, 3.05) is 6.54 Å². The molecule has 1 fully saturated rings. The van der Waals surface area contributed by atoms with Gasteiger partial charge >= 0.3 is 0 Å². The van der Waals surface area contributed by atoms with Crippen molar-refractivity contribution < 1.29 is 9.59 Å². The van der Waals surface area contributed by atoms with E-state index in [4.69, 9.17) is 11.6 Å². The highest BCUT2D eigenvalue weighted by molar-refractivity contribution is 8.00. The van der Waals surface area contributed by atoms with Gasteiger partial charge in [-0.15, -0.1) is 5.10 Å². The molecule has 0 spiro atoms. The molecular weight excluding hydrogens is 432 g/mol. The van der Waals surface area contributed by atoms with E-state index >= 15 is 0 Å². The van der Waals surface area contributed by atoms with Gasteiger partial charge in [-0.3, -0.25) is 19.6 Å². The van der Waals surface area contributed by atoms with Gasteiger partial charge in [0.1, 0.15) is 0 Å². The van der Waals surface area contributed by atoms with Gasteiger partial charge in [0.2, 0.25) is 11.1 Å². The first-order valence-electron chi connectivity index (χ1n) is 10.3. The Morgan fingerprint density at radius 2 is 1.90 bits per heavy atom. The van der Waals surface area contributed by atoms with E-state index in [9.17, 15) is 9.59 Å². The molecule has 2 heterocycles. The fourth-order valence-corrected chi connectivity index (χ4v) is 4.66. The monoisotopic (exact) mass is 454 g/mol. The molecule has 160 valence electrons. The van der Waals surface area contributed by atoms with Crippen molar-refractivity contribution >= 4 is 35.2 Å². The highest BCUT2D eigenvalue weighted by Gasteiger charge is 2.33. The fourth-order valence-electron chi connectivity index (χ4n) is 3.52. The van der Waals surface area contributed by atoms with E-state index in [1.165, 1.54) is 22.2 Å². The molecule has 0 aliphatic carbocycles. The molecule has 1 atom stereocenters. The number of nitrogens with zero attached hydrogens (tertiary/aromatic N) is 3. The van der Waals surface area contributed by atoms with E-state index in [0.717, 1.165) is 24.8 Å². The number of rotatable bonds is 5. The minimum Gasteiger partial charge on any atom is -0.278 e. The first-order chi connectivity index (χ1) is 15.0. The minimum atomic E-state index is -0.398. The lowest BCUT2D eigenvalue weighted by molar-refractivity contribution is -0.127. The Morgan fingerprint density at radius 1 is 1.16 bits per heavy atom. The summed E-state index contributed by atoms with van der Waals surface area (Å²) >= 11 is 7.23. The number of halogens is 1. The Morgan fingerprint density at radius 3 is 2.61 bits per heavy atom. The van der Waals surface area contributed by atoms with E-state index in [-0.39, 0.29) is 11.8 Å². The highest BCUT2D eigenvalue weighted by atomic mass is 35.5. The molecule has 4 rings (SSSR count). The zero-order valence-electron chi connectivity index (χ0n) is 17.2. The molecule has 1 unspecified atom stereocenters. The zero-order chi connectivity index (χ0) is 21.8. The number of carbonyl (C=O) groups is 2. The van der Waals surface area contributed by atoms with Gasteiger partial charge in [-0.2, -0.15) is 0 Å². The summed E-state index contributed by atoms with van der Waals surface area (Å²) in [5.74, 6) is 0.183. The van der Waals surface area contributed by atoms with Crippen molar-refractivity contribution in [2.45, 2.75) is 43.0 Å². The van der Waals surface area contributed by atoms with Gasteiger partial charge < -0.3 is 0 Å². The normalized spacial score (nSPS) is 16.9. The van der Waals surface area contributed by atoms with Gasteiger partial charge in [-0.05, 0) is 49.1 Å². The Labute approximate surface area is 190 Å². The first kappa shape index (κ1) is 21.6. The molecule has 1 aromatic heterocycles. The third kappa shape index (κ3) is 4.99. The second-order valence-corrected chi connectivity index (χ2v) is 9.03. The molecule has 1 N–H and O–H groups in total. The summed E-state index contributed by atoms with van der Waals surface area (Å²) in [5, 5.41) is 7.91. The van der Waals surface area contributed by atoms with Crippen LogP contribution in [0.5, 0.6) is 0 Å². The zero-order valence-corrected chi connectivity index (χ0v) is 18.7. The van der Waals surface area contributed by atoms with Gasteiger partial charge in [-0.1, -0.05) is 61.0 Å². The molecule has 3 aromatic rings. The number of aromatic nitrogens is 3. The smallest absolute Gasteiger partial charge is 0.260 e. The largest absolute Gasteiger partial charge is 0.278 e. The second-order valence-electron chi connectivity index (χ2n) is 7.42. The Kier molecular flexibility index (Phi) is 6.73. The topological polar surface area (TPSA) is 79.0 Å². The van der Waals surface area contributed by atoms with Gasteiger partial charge in [0.15, 0.2) is 5.82 Å². The van der Waals surface area contributed by atoms with Gasteiger partial charge in [0.25, 0.3) is 5.91 Å². The van der Waals surface area contributed by atoms with Crippen LogP contribution in [0.1, 0.15) is 42.1 Å². The third-order valence-corrected chi connectivity index (χ3v) is 6.69. The molecular formula is C23H23ClN4O2S. The van der Waals surface area contributed by atoms with E-state index < -0.39 is 5.25 Å². The van der Waals surface area contributed by atoms with Crippen LogP contribution in [0.2, 0.25) is 5.02 Å². The minimum absolute atomic E-state index is 0.193. The van der Waals surface area contributed by atoms with Gasteiger partial charge in [-0.25, -0.2) is 4.98 Å². The Bertz CT molecular complexity index is 1070. The molecule has 1 aliphatic heterocycles. The maximum Gasteiger partial charge on any atom is 0.260 e. The average molecular weight is 455 g/mol. The van der Waals surface area contributed by atoms with E-state index in [2.05, 4.69) is 34.2 Å². The number of benzene rings is 2. The number of nitrogens with one attached hydrogen (secondary N) is 1. The maximum absolute atomic E-state index is 13.2. The van der Waals surface area contributed by atoms with Crippen LogP contribution >= 0.6 is 23.4 Å². The lowest BCUT2D eigenvalue weighted by Crippen LogP contribution is -2.41. The second kappa shape index (κ2) is 9.66. The average Bonchev–Trinajstić information content (AvgIpc) is 3.19. The lowest BCUT2D eigenvalue weighted by atomic mass is 10.1. The van der Waals surface area contributed by atoms with Gasteiger partial charge in [0.05, 0.1) is 5.25 Å². The molecule has 1 saturated heterocycles. The molecule has 0 radical (unpaired) electrons. The van der Waals surface area contributed by atoms with Crippen molar-refractivity contribution in [3.8, 4) is 11.4 Å². The number of likely N-dealkylation sites (tertiary alicyclic amines) is 1. The number of amides is 2. The summed E-state index contributed by atoms with van der Waals surface area (Å²) in [6.45, 7) is 2.53. The lowest BCUT2D eigenvalue weighted by Gasteiger charge is -2.21. The summed E-state index contributed by atoms with van der Waals surface area (Å²) in [6, 6.07) is 14.8. The summed E-state index contributed by atoms with van der Waals surface area (Å²) in [7, 11) is 0. The summed E-state index contributed by atoms with van der Waals surface area (Å²) in [6.07, 6.45) is 3.31. The number of hydrogen-bond acceptors (Lipinski definition) is 5. The van der Waals surface area contributed by atoms with Crippen LogP contribution in [-0.4, -0.2) is 43.7 Å². The van der Waals surface area contributed by atoms with Crippen LogP contribution in [0.25, 0.3) is 11.4 Å². The number of thioether (sulfide) groups is 1. The van der Waals surface area contributed by atoms with Crippen LogP contribution in [0.3, 0.4) is 0 Å². The van der Waals surface area contributed by atoms with Crippen molar-refractivity contribution in [3.63, 3.8) is 0 Å². The number of aromatic amines is 1. The van der Waals surface area contributed by atoms with Crippen LogP contribution < -0.4 is 0 Å². The molecule has 0 saturated carbocycles. The highest BCUT2D eigenvalue weighted by Crippen LogP contribution is 2.30. The van der Waals surface area contributed by atoms with Gasteiger partial charge in [0, 0.05) is 22.7 Å². The molecule has 2 aromatic carbocycles. The molecule has 6 nitrogen and oxygen atoms in total. The number of carbonyl (C=O) groups excluding carboxylic acids is 2. The third-order valence-electron chi connectivity index (χ3n) is 5.32. The van der Waals surface area contributed by atoms with Crippen LogP contribution in [0.4, 0.5) is 0 Å². The quantitative estimate of drug-likeness (QED) is 0.549. The number of imide groups is 1. The fraction of sp³-hybridized carbons (Fsp3) is 0.304. The molecule has 1 aliphatic rings. The van der Waals surface area contributed by atoms with Crippen molar-refractivity contribution in [2.24, 2.45) is 0 Å². The molecule has 0 bridgehead atoms. The number of hydrogen-bond donors (Lipinski definition) is 1. The SMILES string of the molecule is CCc1ccc(-c2nc(SC3CCCCN(C(=O)c4ccc(Cl)cc4)C3=O)n[nH]2)cc1. The molecule has 2 amide bonds. The van der Waals surface area contributed by atoms with E-state index in [0.29, 0.717) is 34.5 Å². The predicted octanol–water partition coefficient (Wildman–Crippen LogP) is 5.00. The maximum atomic E-state index is 13.2. The van der Waals surface area contributed by atoms with Crippen LogP contribution in [0, 0.1) is 0 Å². The Balaban J connectivity index is 1.48. The predicted molar refractivity (Wildman–Crippen MR) is 122 cm³/mol. The van der Waals surface area contributed by atoms with E-state index in [1.807, 2.05) is 12.1 Å². The van der Waals surface area contributed by atoms with Crippen molar-refractivity contribution in [1.29, 1.82) is 0 Å².